The van der Waals surface area contributed by atoms with Gasteiger partial charge in [0.25, 0.3) is 0 Å². The molecular formula is C12H10F2N2O3. The number of nitrogens with two attached hydrogens (primary N) is 1. The summed E-state index contributed by atoms with van der Waals surface area (Å²) in [6.45, 7) is 1.42. The van der Waals surface area contributed by atoms with Crippen molar-refractivity contribution in [2.45, 2.75) is 13.0 Å². The molecule has 2 N–H and O–H groups in total. The van der Waals surface area contributed by atoms with E-state index in [0.29, 0.717) is 0 Å². The van der Waals surface area contributed by atoms with Gasteiger partial charge < -0.3 is 10.2 Å². The zero-order valence-electron chi connectivity index (χ0n) is 9.89. The standard InChI is InChI=1S/C12H10F2N2O3/c1-6-4-9(14)7(5-8(6)13)12(15)10-2-3-11(19-10)16(17)18/h2-5,12H,15H2,1H3. The second kappa shape index (κ2) is 4.77. The largest absolute Gasteiger partial charge is 0.433 e. The first kappa shape index (κ1) is 13.2. The first-order valence-electron chi connectivity index (χ1n) is 5.35. The number of nitrogens with zero attached hydrogens (tertiary/aromatic N) is 1. The molecule has 1 aromatic heterocycles. The third-order valence-electron chi connectivity index (χ3n) is 2.71. The molecular weight excluding hydrogens is 258 g/mol. The van der Waals surface area contributed by atoms with Crippen LogP contribution >= 0.6 is 0 Å². The fourth-order valence-electron chi connectivity index (χ4n) is 1.66. The van der Waals surface area contributed by atoms with Crippen molar-refractivity contribution in [2.24, 2.45) is 5.73 Å². The van der Waals surface area contributed by atoms with Gasteiger partial charge in [-0.15, -0.1) is 0 Å². The zero-order chi connectivity index (χ0) is 14.2. The predicted molar refractivity (Wildman–Crippen MR) is 62.5 cm³/mol. The Morgan fingerprint density at radius 3 is 2.58 bits per heavy atom. The highest BCUT2D eigenvalue weighted by molar-refractivity contribution is 5.33. The predicted octanol–water partition coefficient (Wildman–Crippen LogP) is 2.82. The van der Waals surface area contributed by atoms with Crippen molar-refractivity contribution in [3.05, 3.63) is 62.9 Å². The third-order valence-corrected chi connectivity index (χ3v) is 2.71. The minimum Gasteiger partial charge on any atom is -0.404 e. The summed E-state index contributed by atoms with van der Waals surface area (Å²) in [6, 6.07) is 3.24. The molecule has 1 heterocycles. The van der Waals surface area contributed by atoms with Crippen LogP contribution in [0.25, 0.3) is 0 Å². The fourth-order valence-corrected chi connectivity index (χ4v) is 1.66. The molecule has 0 saturated carbocycles. The van der Waals surface area contributed by atoms with Crippen LogP contribution in [0.1, 0.15) is 22.9 Å². The number of furan rings is 1. The van der Waals surface area contributed by atoms with E-state index in [-0.39, 0.29) is 16.9 Å². The number of halogens is 2. The van der Waals surface area contributed by atoms with Crippen LogP contribution in [0, 0.1) is 28.7 Å². The summed E-state index contributed by atoms with van der Waals surface area (Å²) >= 11 is 0. The van der Waals surface area contributed by atoms with Crippen molar-refractivity contribution in [2.75, 3.05) is 0 Å². The Labute approximate surface area is 106 Å². The topological polar surface area (TPSA) is 82.3 Å². The molecule has 0 amide bonds. The van der Waals surface area contributed by atoms with Crippen LogP contribution in [0.3, 0.4) is 0 Å². The van der Waals surface area contributed by atoms with Gasteiger partial charge in [0.05, 0.1) is 12.1 Å². The zero-order valence-corrected chi connectivity index (χ0v) is 9.89. The molecule has 2 rings (SSSR count). The molecule has 19 heavy (non-hydrogen) atoms. The molecule has 5 nitrogen and oxygen atoms in total. The van der Waals surface area contributed by atoms with Crippen LogP contribution < -0.4 is 5.73 Å². The minimum atomic E-state index is -1.11. The smallest absolute Gasteiger partial charge is 0.404 e. The van der Waals surface area contributed by atoms with Crippen LogP contribution in [0.2, 0.25) is 0 Å². The molecule has 1 unspecified atom stereocenters. The maximum absolute atomic E-state index is 13.7. The number of benzene rings is 1. The van der Waals surface area contributed by atoms with Gasteiger partial charge in [-0.2, -0.15) is 0 Å². The normalized spacial score (nSPS) is 12.4. The van der Waals surface area contributed by atoms with E-state index in [0.717, 1.165) is 18.2 Å². The van der Waals surface area contributed by atoms with Crippen molar-refractivity contribution < 1.29 is 18.1 Å². The van der Waals surface area contributed by atoms with E-state index in [2.05, 4.69) is 0 Å². The lowest BCUT2D eigenvalue weighted by Crippen LogP contribution is -2.13. The number of aryl methyl sites for hydroxylation is 1. The maximum Gasteiger partial charge on any atom is 0.433 e. The first-order valence-corrected chi connectivity index (χ1v) is 5.35. The Balaban J connectivity index is 2.40. The Hall–Kier alpha value is -2.28. The van der Waals surface area contributed by atoms with Gasteiger partial charge in [0, 0.05) is 5.56 Å². The number of hydrogen-bond acceptors (Lipinski definition) is 4. The fraction of sp³-hybridized carbons (Fsp3) is 0.167. The Bertz CT molecular complexity index is 640. The summed E-state index contributed by atoms with van der Waals surface area (Å²) in [7, 11) is 0. The van der Waals surface area contributed by atoms with Gasteiger partial charge in [0.2, 0.25) is 0 Å². The molecule has 2 aromatic rings. The van der Waals surface area contributed by atoms with Gasteiger partial charge in [-0.05, 0) is 30.7 Å². The molecule has 1 aromatic carbocycles. The molecule has 100 valence electrons. The summed E-state index contributed by atoms with van der Waals surface area (Å²) in [5.74, 6) is -1.80. The van der Waals surface area contributed by atoms with Gasteiger partial charge in [-0.1, -0.05) is 0 Å². The summed E-state index contributed by atoms with van der Waals surface area (Å²) in [5.41, 5.74) is 5.76. The van der Waals surface area contributed by atoms with Gasteiger partial charge >= 0.3 is 5.88 Å². The van der Waals surface area contributed by atoms with Crippen LogP contribution in [-0.2, 0) is 0 Å². The van der Waals surface area contributed by atoms with E-state index in [1.165, 1.54) is 13.0 Å². The van der Waals surface area contributed by atoms with Crippen molar-refractivity contribution >= 4 is 5.88 Å². The molecule has 0 aliphatic rings. The van der Waals surface area contributed by atoms with Crippen LogP contribution in [-0.4, -0.2) is 4.92 Å². The highest BCUT2D eigenvalue weighted by Gasteiger charge is 2.21. The average molecular weight is 268 g/mol. The van der Waals surface area contributed by atoms with Gasteiger partial charge in [0.15, 0.2) is 0 Å². The van der Waals surface area contributed by atoms with E-state index in [4.69, 9.17) is 10.2 Å². The number of hydrogen-bond donors (Lipinski definition) is 1. The van der Waals surface area contributed by atoms with Crippen LogP contribution in [0.5, 0.6) is 0 Å². The molecule has 0 radical (unpaired) electrons. The summed E-state index contributed by atoms with van der Waals surface area (Å²) in [5, 5.41) is 10.5. The maximum atomic E-state index is 13.7. The van der Waals surface area contributed by atoms with Crippen LogP contribution in [0.4, 0.5) is 14.7 Å². The number of rotatable bonds is 3. The SMILES string of the molecule is Cc1cc(F)c(C(N)c2ccc([N+](=O)[O-])o2)cc1F. The molecule has 7 heteroatoms. The summed E-state index contributed by atoms with van der Waals surface area (Å²) < 4.78 is 32.0. The molecule has 1 atom stereocenters. The van der Waals surface area contributed by atoms with Gasteiger partial charge in [-0.25, -0.2) is 8.78 Å². The Morgan fingerprint density at radius 1 is 1.32 bits per heavy atom. The van der Waals surface area contributed by atoms with Crippen molar-refractivity contribution in [1.82, 2.24) is 0 Å². The molecule has 0 aliphatic carbocycles. The van der Waals surface area contributed by atoms with Crippen LogP contribution in [0.15, 0.2) is 28.7 Å². The van der Waals surface area contributed by atoms with E-state index in [9.17, 15) is 18.9 Å². The lowest BCUT2D eigenvalue weighted by molar-refractivity contribution is -0.402. The van der Waals surface area contributed by atoms with Crippen molar-refractivity contribution in [1.29, 1.82) is 0 Å². The second-order valence-electron chi connectivity index (χ2n) is 4.03. The lowest BCUT2D eigenvalue weighted by Gasteiger charge is -2.11. The third kappa shape index (κ3) is 2.45. The minimum absolute atomic E-state index is 0.00569. The molecule has 0 saturated heterocycles. The quantitative estimate of drug-likeness (QED) is 0.685. The van der Waals surface area contributed by atoms with E-state index < -0.39 is 28.5 Å². The average Bonchev–Trinajstić information content (AvgIpc) is 2.82. The summed E-state index contributed by atoms with van der Waals surface area (Å²) in [6.07, 6.45) is 0. The Morgan fingerprint density at radius 2 is 2.00 bits per heavy atom. The van der Waals surface area contributed by atoms with Gasteiger partial charge in [-0.3, -0.25) is 10.1 Å². The molecule has 0 fully saturated rings. The van der Waals surface area contributed by atoms with E-state index in [1.807, 2.05) is 0 Å². The summed E-state index contributed by atoms with van der Waals surface area (Å²) in [4.78, 5) is 9.74. The van der Waals surface area contributed by atoms with Gasteiger partial charge in [0.1, 0.15) is 22.3 Å². The molecule has 0 aliphatic heterocycles. The Kier molecular flexibility index (Phi) is 3.30. The van der Waals surface area contributed by atoms with Crippen molar-refractivity contribution in [3.8, 4) is 0 Å². The molecule has 0 bridgehead atoms. The lowest BCUT2D eigenvalue weighted by atomic mass is 10.0. The highest BCUT2D eigenvalue weighted by atomic mass is 19.1. The highest BCUT2D eigenvalue weighted by Crippen LogP contribution is 2.27. The monoisotopic (exact) mass is 268 g/mol. The molecule has 0 spiro atoms. The van der Waals surface area contributed by atoms with E-state index in [1.54, 1.807) is 0 Å². The first-order chi connectivity index (χ1) is 8.90. The number of nitro groups is 1. The second-order valence-corrected chi connectivity index (χ2v) is 4.03. The van der Waals surface area contributed by atoms with Crippen molar-refractivity contribution in [3.63, 3.8) is 0 Å². The van der Waals surface area contributed by atoms with E-state index >= 15 is 0 Å².